The number of halogens is 1. The first-order valence-corrected chi connectivity index (χ1v) is 6.41. The maximum Gasteiger partial charge on any atom is 0.322 e. The van der Waals surface area contributed by atoms with Crippen molar-refractivity contribution in [1.29, 1.82) is 0 Å². The molecule has 6 nitrogen and oxygen atoms in total. The zero-order chi connectivity index (χ0) is 13.1. The quantitative estimate of drug-likeness (QED) is 0.845. The summed E-state index contributed by atoms with van der Waals surface area (Å²) in [6, 6.07) is 0.223. The molecule has 0 unspecified atom stereocenters. The second kappa shape index (κ2) is 5.67. The monoisotopic (exact) mass is 272 g/mol. The molecule has 1 heterocycles. The molecule has 0 aliphatic heterocycles. The predicted octanol–water partition coefficient (Wildman–Crippen LogP) is 1.49. The Kier molecular flexibility index (Phi) is 4.19. The molecule has 1 aromatic rings. The van der Waals surface area contributed by atoms with E-state index in [9.17, 15) is 5.11 Å². The molecular formula is C11H17ClN4O2. The number of nitrogens with one attached hydrogen (secondary N) is 1. The van der Waals surface area contributed by atoms with Gasteiger partial charge in [-0.25, -0.2) is 0 Å². The lowest BCUT2D eigenvalue weighted by Gasteiger charge is -2.31. The van der Waals surface area contributed by atoms with Gasteiger partial charge in [-0.1, -0.05) is 0 Å². The summed E-state index contributed by atoms with van der Waals surface area (Å²) in [5.41, 5.74) is 0. The van der Waals surface area contributed by atoms with Crippen molar-refractivity contribution in [3.63, 3.8) is 0 Å². The lowest BCUT2D eigenvalue weighted by atomic mass is 9.82. The summed E-state index contributed by atoms with van der Waals surface area (Å²) in [6.07, 6.45) is 1.47. The molecular weight excluding hydrogens is 256 g/mol. The molecule has 100 valence electrons. The van der Waals surface area contributed by atoms with Gasteiger partial charge in [0.25, 0.3) is 0 Å². The third-order valence-electron chi connectivity index (χ3n) is 2.69. The topological polar surface area (TPSA) is 80.2 Å². The number of aliphatic hydroxyl groups is 1. The minimum atomic E-state index is -0.154. The molecule has 1 fully saturated rings. The zero-order valence-electron chi connectivity index (χ0n) is 10.4. The number of hydrogen-bond acceptors (Lipinski definition) is 6. The highest BCUT2D eigenvalue weighted by atomic mass is 35.5. The molecule has 2 rings (SSSR count). The Bertz CT molecular complexity index is 410. The number of hydrogen-bond donors (Lipinski definition) is 2. The summed E-state index contributed by atoms with van der Waals surface area (Å²) in [4.78, 5) is 12.0. The van der Waals surface area contributed by atoms with Gasteiger partial charge in [-0.05, 0) is 44.2 Å². The molecule has 2 N–H and O–H groups in total. The number of aromatic nitrogens is 3. The van der Waals surface area contributed by atoms with E-state index in [-0.39, 0.29) is 23.5 Å². The summed E-state index contributed by atoms with van der Waals surface area (Å²) >= 11 is 5.80. The van der Waals surface area contributed by atoms with Crippen molar-refractivity contribution in [2.45, 2.75) is 38.9 Å². The Balaban J connectivity index is 1.92. The highest BCUT2D eigenvalue weighted by Gasteiger charge is 2.26. The second-order valence-corrected chi connectivity index (χ2v) is 5.09. The van der Waals surface area contributed by atoms with E-state index in [1.807, 2.05) is 13.8 Å². The minimum Gasteiger partial charge on any atom is -0.461 e. The summed E-state index contributed by atoms with van der Waals surface area (Å²) in [5.74, 6) is 0.872. The first-order valence-electron chi connectivity index (χ1n) is 6.03. The van der Waals surface area contributed by atoms with Gasteiger partial charge in [0, 0.05) is 6.54 Å². The van der Waals surface area contributed by atoms with Crippen LogP contribution in [0.3, 0.4) is 0 Å². The van der Waals surface area contributed by atoms with Crippen molar-refractivity contribution in [2.75, 3.05) is 11.9 Å². The first-order chi connectivity index (χ1) is 8.52. The van der Waals surface area contributed by atoms with E-state index in [0.29, 0.717) is 11.9 Å². The van der Waals surface area contributed by atoms with Crippen LogP contribution in [0.2, 0.25) is 5.28 Å². The molecule has 18 heavy (non-hydrogen) atoms. The number of ether oxygens (including phenoxy) is 1. The molecule has 1 saturated carbocycles. The number of nitrogens with zero attached hydrogens (tertiary/aromatic N) is 3. The molecule has 0 aromatic carbocycles. The number of anilines is 1. The van der Waals surface area contributed by atoms with Crippen molar-refractivity contribution in [2.24, 2.45) is 5.92 Å². The van der Waals surface area contributed by atoms with Crippen LogP contribution in [0.1, 0.15) is 26.7 Å². The molecule has 0 bridgehead atoms. The standard InChI is InChI=1S/C11H17ClN4O2/c1-6(2)18-11-15-9(12)14-10(16-11)13-5-7-3-8(17)4-7/h6-8,17H,3-5H2,1-2H3,(H,13,14,15,16). The van der Waals surface area contributed by atoms with E-state index < -0.39 is 0 Å². The van der Waals surface area contributed by atoms with Crippen molar-refractivity contribution in [3.8, 4) is 6.01 Å². The van der Waals surface area contributed by atoms with Gasteiger partial charge in [0.2, 0.25) is 11.2 Å². The minimum absolute atomic E-state index is 0.0157. The maximum absolute atomic E-state index is 9.19. The van der Waals surface area contributed by atoms with Gasteiger partial charge in [-0.15, -0.1) is 0 Å². The van der Waals surface area contributed by atoms with Crippen LogP contribution in [0, 0.1) is 5.92 Å². The smallest absolute Gasteiger partial charge is 0.322 e. The van der Waals surface area contributed by atoms with Crippen LogP contribution in [-0.2, 0) is 0 Å². The van der Waals surface area contributed by atoms with Gasteiger partial charge in [-0.2, -0.15) is 15.0 Å². The third kappa shape index (κ3) is 3.68. The normalized spacial score (nSPS) is 22.7. The van der Waals surface area contributed by atoms with Crippen LogP contribution >= 0.6 is 11.6 Å². The van der Waals surface area contributed by atoms with E-state index in [4.69, 9.17) is 16.3 Å². The Morgan fingerprint density at radius 2 is 2.11 bits per heavy atom. The molecule has 1 aromatic heterocycles. The van der Waals surface area contributed by atoms with E-state index >= 15 is 0 Å². The fourth-order valence-electron chi connectivity index (χ4n) is 1.78. The van der Waals surface area contributed by atoms with Crippen LogP contribution in [0.15, 0.2) is 0 Å². The zero-order valence-corrected chi connectivity index (χ0v) is 11.2. The van der Waals surface area contributed by atoms with Crippen molar-refractivity contribution in [3.05, 3.63) is 5.28 Å². The van der Waals surface area contributed by atoms with Gasteiger partial charge >= 0.3 is 6.01 Å². The van der Waals surface area contributed by atoms with E-state index in [1.54, 1.807) is 0 Å². The van der Waals surface area contributed by atoms with Crippen LogP contribution < -0.4 is 10.1 Å². The molecule has 1 aliphatic carbocycles. The van der Waals surface area contributed by atoms with E-state index in [0.717, 1.165) is 19.4 Å². The van der Waals surface area contributed by atoms with Gasteiger partial charge in [0.05, 0.1) is 12.2 Å². The Morgan fingerprint density at radius 1 is 1.39 bits per heavy atom. The van der Waals surface area contributed by atoms with Crippen LogP contribution in [-0.4, -0.2) is 38.8 Å². The predicted molar refractivity (Wildman–Crippen MR) is 67.8 cm³/mol. The Hall–Kier alpha value is -1.14. The number of aliphatic hydroxyl groups excluding tert-OH is 1. The Labute approximate surface area is 111 Å². The lowest BCUT2D eigenvalue weighted by molar-refractivity contribution is 0.0486. The van der Waals surface area contributed by atoms with Gasteiger partial charge in [-0.3, -0.25) is 0 Å². The van der Waals surface area contributed by atoms with Crippen molar-refractivity contribution >= 4 is 17.5 Å². The van der Waals surface area contributed by atoms with Gasteiger partial charge in [0.1, 0.15) is 0 Å². The lowest BCUT2D eigenvalue weighted by Crippen LogP contribution is -2.33. The van der Waals surface area contributed by atoms with Gasteiger partial charge < -0.3 is 15.2 Å². The SMILES string of the molecule is CC(C)Oc1nc(Cl)nc(NCC2CC(O)C2)n1. The molecule has 0 amide bonds. The average molecular weight is 273 g/mol. The molecule has 0 spiro atoms. The summed E-state index contributed by atoms with van der Waals surface area (Å²) in [6.45, 7) is 4.50. The average Bonchev–Trinajstić information content (AvgIpc) is 2.21. The fourth-order valence-corrected chi connectivity index (χ4v) is 1.93. The number of rotatable bonds is 5. The molecule has 0 atom stereocenters. The fraction of sp³-hybridized carbons (Fsp3) is 0.727. The van der Waals surface area contributed by atoms with Crippen LogP contribution in [0.25, 0.3) is 0 Å². The molecule has 7 heteroatoms. The van der Waals surface area contributed by atoms with Crippen molar-refractivity contribution in [1.82, 2.24) is 15.0 Å². The van der Waals surface area contributed by atoms with E-state index in [2.05, 4.69) is 20.3 Å². The highest BCUT2D eigenvalue weighted by molar-refractivity contribution is 6.28. The maximum atomic E-state index is 9.19. The second-order valence-electron chi connectivity index (χ2n) is 4.75. The summed E-state index contributed by atoms with van der Waals surface area (Å²) in [7, 11) is 0. The summed E-state index contributed by atoms with van der Waals surface area (Å²) < 4.78 is 5.37. The van der Waals surface area contributed by atoms with Gasteiger partial charge in [0.15, 0.2) is 0 Å². The van der Waals surface area contributed by atoms with Crippen LogP contribution in [0.5, 0.6) is 6.01 Å². The Morgan fingerprint density at radius 3 is 2.72 bits per heavy atom. The molecule has 1 aliphatic rings. The molecule has 0 saturated heterocycles. The van der Waals surface area contributed by atoms with Crippen molar-refractivity contribution < 1.29 is 9.84 Å². The third-order valence-corrected chi connectivity index (χ3v) is 2.86. The van der Waals surface area contributed by atoms with E-state index in [1.165, 1.54) is 0 Å². The molecule has 0 radical (unpaired) electrons. The largest absolute Gasteiger partial charge is 0.461 e. The van der Waals surface area contributed by atoms with Crippen LogP contribution in [0.4, 0.5) is 5.95 Å². The summed E-state index contributed by atoms with van der Waals surface area (Å²) in [5, 5.41) is 12.4. The first kappa shape index (κ1) is 13.3. The highest BCUT2D eigenvalue weighted by Crippen LogP contribution is 2.27.